The van der Waals surface area contributed by atoms with Crippen LogP contribution in [0, 0.1) is 6.92 Å². The van der Waals surface area contributed by atoms with Crippen LogP contribution in [0.3, 0.4) is 0 Å². The number of nitrogens with zero attached hydrogens (tertiary/aromatic N) is 6. The van der Waals surface area contributed by atoms with Gasteiger partial charge in [0.05, 0.1) is 23.5 Å². The first-order chi connectivity index (χ1) is 16.7. The van der Waals surface area contributed by atoms with Gasteiger partial charge in [-0.1, -0.05) is 24.3 Å². The van der Waals surface area contributed by atoms with E-state index in [9.17, 15) is 19.5 Å². The molecule has 180 valence electrons. The quantitative estimate of drug-likeness (QED) is 0.441. The summed E-state index contributed by atoms with van der Waals surface area (Å²) in [5, 5.41) is 20.6. The van der Waals surface area contributed by atoms with Gasteiger partial charge in [0.25, 0.3) is 5.91 Å². The molecule has 0 aliphatic carbocycles. The van der Waals surface area contributed by atoms with Gasteiger partial charge >= 0.3 is 5.69 Å². The van der Waals surface area contributed by atoms with E-state index < -0.39 is 11.1 Å². The molecule has 1 aromatic heterocycles. The lowest BCUT2D eigenvalue weighted by molar-refractivity contribution is -0.130. The lowest BCUT2D eigenvalue weighted by Gasteiger charge is -2.41. The summed E-state index contributed by atoms with van der Waals surface area (Å²) in [6, 6.07) is 13.3. The number of hydrogen-bond acceptors (Lipinski definition) is 6. The van der Waals surface area contributed by atoms with Gasteiger partial charge in [-0.2, -0.15) is 14.5 Å². The number of aromatic hydroxyl groups is 1. The molecule has 2 aliphatic heterocycles. The number of carbonyl (C=O) groups excluding carboxylic acids is 2. The number of alkyl halides is 1. The first-order valence-corrected chi connectivity index (χ1v) is 11.5. The number of hydrogen-bond donors (Lipinski definition) is 1. The third-order valence-electron chi connectivity index (χ3n) is 6.36. The predicted molar refractivity (Wildman–Crippen MR) is 129 cm³/mol. The van der Waals surface area contributed by atoms with Crippen LogP contribution in [0.2, 0.25) is 0 Å². The number of phenols is 1. The van der Waals surface area contributed by atoms with Gasteiger partial charge in [-0.15, -0.1) is 16.7 Å². The van der Waals surface area contributed by atoms with Crippen molar-refractivity contribution in [3.05, 3.63) is 76.0 Å². The summed E-state index contributed by atoms with van der Waals surface area (Å²) in [4.78, 5) is 37.4. The molecule has 2 aliphatic rings. The molecule has 10 nitrogen and oxygen atoms in total. The third kappa shape index (κ3) is 3.70. The van der Waals surface area contributed by atoms with Crippen LogP contribution in [-0.4, -0.2) is 53.5 Å². The number of amides is 2. The van der Waals surface area contributed by atoms with Crippen molar-refractivity contribution in [2.45, 2.75) is 44.7 Å². The van der Waals surface area contributed by atoms with Crippen LogP contribution in [-0.2, 0) is 9.59 Å². The molecule has 11 heteroatoms. The highest BCUT2D eigenvalue weighted by Gasteiger charge is 2.46. The van der Waals surface area contributed by atoms with Gasteiger partial charge in [-0.05, 0) is 49.2 Å². The van der Waals surface area contributed by atoms with Gasteiger partial charge in [0.1, 0.15) is 11.1 Å². The average molecular weight is 495 g/mol. The van der Waals surface area contributed by atoms with Crippen LogP contribution < -0.4 is 10.7 Å². The number of halogens is 1. The molecule has 3 unspecified atom stereocenters. The Hall–Kier alpha value is -3.92. The zero-order valence-electron chi connectivity index (χ0n) is 19.3. The molecule has 3 atom stereocenters. The standard InChI is InChI=1S/C24H23ClN6O4/c1-13-22(25)23(34)30(13)31-14(2)26-29(24(31)35)18-8-4-16(5-9-18)20-12-21(28(27-20)15(3)32)17-6-10-19(33)11-7-17/h4-11,13,21-22,33H,12H2,1-3H3. The van der Waals surface area contributed by atoms with E-state index >= 15 is 0 Å². The highest BCUT2D eigenvalue weighted by atomic mass is 35.5. The summed E-state index contributed by atoms with van der Waals surface area (Å²) in [6.07, 6.45) is 0.506. The van der Waals surface area contributed by atoms with Crippen molar-refractivity contribution < 1.29 is 14.7 Å². The van der Waals surface area contributed by atoms with E-state index in [4.69, 9.17) is 11.6 Å². The Balaban J connectivity index is 1.42. The third-order valence-corrected chi connectivity index (χ3v) is 6.91. The van der Waals surface area contributed by atoms with Crippen LogP contribution in [0.15, 0.2) is 58.4 Å². The number of hydrazone groups is 1. The monoisotopic (exact) mass is 494 g/mol. The normalized spacial score (nSPS) is 21.8. The van der Waals surface area contributed by atoms with Crippen LogP contribution in [0.1, 0.15) is 43.3 Å². The largest absolute Gasteiger partial charge is 0.508 e. The van der Waals surface area contributed by atoms with Crippen LogP contribution in [0.5, 0.6) is 5.75 Å². The van der Waals surface area contributed by atoms with E-state index in [1.165, 1.54) is 26.3 Å². The van der Waals surface area contributed by atoms with Gasteiger partial charge in [0, 0.05) is 13.3 Å². The lowest BCUT2D eigenvalue weighted by Crippen LogP contribution is -2.68. The molecule has 3 heterocycles. The summed E-state index contributed by atoms with van der Waals surface area (Å²) in [7, 11) is 0. The molecule has 5 rings (SSSR count). The molecule has 0 bridgehead atoms. The molecule has 35 heavy (non-hydrogen) atoms. The topological polar surface area (TPSA) is 113 Å². The minimum Gasteiger partial charge on any atom is -0.508 e. The SMILES string of the molecule is CC(=O)N1N=C(c2ccc(-n3nc(C)n(N4C(=O)C(Cl)C4C)c3=O)cc2)CC1c1ccc(O)cc1. The Morgan fingerprint density at radius 1 is 1.09 bits per heavy atom. The molecule has 0 spiro atoms. The first kappa shape index (κ1) is 22.9. The van der Waals surface area contributed by atoms with Crippen LogP contribution in [0.25, 0.3) is 5.69 Å². The highest BCUT2D eigenvalue weighted by Crippen LogP contribution is 2.33. The van der Waals surface area contributed by atoms with Crippen molar-refractivity contribution in [1.82, 2.24) is 19.5 Å². The first-order valence-electron chi connectivity index (χ1n) is 11.1. The second kappa shape index (κ2) is 8.38. The summed E-state index contributed by atoms with van der Waals surface area (Å²) in [6.45, 7) is 4.89. The number of β-lactam (4-membered cyclic amide) rings is 1. The Morgan fingerprint density at radius 3 is 2.34 bits per heavy atom. The van der Waals surface area contributed by atoms with Gasteiger partial charge in [-0.3, -0.25) is 9.59 Å². The summed E-state index contributed by atoms with van der Waals surface area (Å²) in [5.74, 6) is 0.00552. The van der Waals surface area contributed by atoms with Gasteiger partial charge in [0.2, 0.25) is 5.91 Å². The zero-order valence-corrected chi connectivity index (χ0v) is 20.0. The molecule has 1 saturated heterocycles. The van der Waals surface area contributed by atoms with E-state index in [-0.39, 0.29) is 29.6 Å². The van der Waals surface area contributed by atoms with Gasteiger partial charge < -0.3 is 5.11 Å². The van der Waals surface area contributed by atoms with Crippen molar-refractivity contribution in [2.75, 3.05) is 5.01 Å². The lowest BCUT2D eigenvalue weighted by atomic mass is 9.98. The molecule has 2 aromatic carbocycles. The predicted octanol–water partition coefficient (Wildman–Crippen LogP) is 2.22. The zero-order chi connectivity index (χ0) is 25.0. The summed E-state index contributed by atoms with van der Waals surface area (Å²) >= 11 is 6.01. The number of aryl methyl sites for hydroxylation is 1. The van der Waals surface area contributed by atoms with E-state index in [0.29, 0.717) is 17.9 Å². The number of aromatic nitrogens is 3. The summed E-state index contributed by atoms with van der Waals surface area (Å²) in [5.41, 5.74) is 2.47. The van der Waals surface area contributed by atoms with Crippen molar-refractivity contribution in [1.29, 1.82) is 0 Å². The Bertz CT molecular complexity index is 1410. The second-order valence-electron chi connectivity index (χ2n) is 8.65. The molecule has 0 radical (unpaired) electrons. The average Bonchev–Trinajstić information content (AvgIpc) is 3.42. The Morgan fingerprint density at radius 2 is 1.74 bits per heavy atom. The van der Waals surface area contributed by atoms with Crippen LogP contribution in [0.4, 0.5) is 0 Å². The smallest absolute Gasteiger partial charge is 0.370 e. The van der Waals surface area contributed by atoms with E-state index in [1.807, 2.05) is 12.1 Å². The molecular weight excluding hydrogens is 472 g/mol. The van der Waals surface area contributed by atoms with Gasteiger partial charge in [-0.25, -0.2) is 14.8 Å². The maximum atomic E-state index is 13.0. The molecule has 1 fully saturated rings. The van der Waals surface area contributed by atoms with E-state index in [2.05, 4.69) is 10.2 Å². The molecule has 2 amide bonds. The number of rotatable bonds is 4. The number of carbonyl (C=O) groups is 2. The fraction of sp³-hybridized carbons (Fsp3) is 0.292. The summed E-state index contributed by atoms with van der Waals surface area (Å²) < 4.78 is 2.48. The van der Waals surface area contributed by atoms with E-state index in [1.54, 1.807) is 50.2 Å². The Labute approximate surface area is 205 Å². The fourth-order valence-electron chi connectivity index (χ4n) is 4.46. The minimum atomic E-state index is -0.656. The maximum absolute atomic E-state index is 13.0. The van der Waals surface area contributed by atoms with Crippen LogP contribution >= 0.6 is 11.6 Å². The Kier molecular flexibility index (Phi) is 5.47. The van der Waals surface area contributed by atoms with Gasteiger partial charge in [0.15, 0.2) is 5.82 Å². The van der Waals surface area contributed by atoms with Crippen molar-refractivity contribution in [3.8, 4) is 11.4 Å². The van der Waals surface area contributed by atoms with Crippen molar-refractivity contribution in [2.24, 2.45) is 5.10 Å². The molecular formula is C24H23ClN6O4. The van der Waals surface area contributed by atoms with E-state index in [0.717, 1.165) is 16.8 Å². The second-order valence-corrected chi connectivity index (χ2v) is 9.12. The van der Waals surface area contributed by atoms with Crippen molar-refractivity contribution in [3.63, 3.8) is 0 Å². The highest BCUT2D eigenvalue weighted by molar-refractivity contribution is 6.36. The molecule has 0 saturated carbocycles. The van der Waals surface area contributed by atoms with Crippen molar-refractivity contribution >= 4 is 29.1 Å². The molecule has 3 aromatic rings. The fourth-order valence-corrected chi connectivity index (χ4v) is 4.66. The maximum Gasteiger partial charge on any atom is 0.370 e. The number of benzene rings is 2. The molecule has 1 N–H and O–H groups in total. The minimum absolute atomic E-state index is 0.154. The number of phenolic OH excluding ortho intramolecular Hbond substituents is 1.